The van der Waals surface area contributed by atoms with Crippen LogP contribution in [0.15, 0.2) is 60.2 Å². The van der Waals surface area contributed by atoms with Crippen molar-refractivity contribution < 1.29 is 24.1 Å². The minimum absolute atomic E-state index is 0.294. The van der Waals surface area contributed by atoms with E-state index in [1.807, 2.05) is 48.5 Å². The van der Waals surface area contributed by atoms with Gasteiger partial charge in [-0.05, 0) is 79.3 Å². The summed E-state index contributed by atoms with van der Waals surface area (Å²) in [4.78, 5) is 0. The molecule has 1 fully saturated rings. The summed E-state index contributed by atoms with van der Waals surface area (Å²) in [6.45, 7) is 2.90. The fourth-order valence-corrected chi connectivity index (χ4v) is 4.61. The maximum Gasteiger partial charge on any atom is 0.118 e. The van der Waals surface area contributed by atoms with Crippen LogP contribution in [-0.2, 0) is 22.7 Å². The molecule has 5 heteroatoms. The number of aliphatic hydroxyl groups excluding tert-OH is 1. The summed E-state index contributed by atoms with van der Waals surface area (Å²) in [5.41, 5.74) is 3.76. The fraction of sp³-hybridized carbons (Fsp3) is 0.517. The molecule has 5 nitrogen and oxygen atoms in total. The lowest BCUT2D eigenvalue weighted by Gasteiger charge is -2.30. The van der Waals surface area contributed by atoms with Crippen molar-refractivity contribution in [2.45, 2.75) is 51.7 Å². The molecule has 0 aliphatic heterocycles. The number of aliphatic hydroxyl groups is 1. The highest BCUT2D eigenvalue weighted by Crippen LogP contribution is 2.35. The molecule has 0 amide bonds. The average Bonchev–Trinajstić information content (AvgIpc) is 2.90. The van der Waals surface area contributed by atoms with Gasteiger partial charge in [0.15, 0.2) is 0 Å². The molecule has 34 heavy (non-hydrogen) atoms. The predicted molar refractivity (Wildman–Crippen MR) is 135 cm³/mol. The second kappa shape index (κ2) is 14.8. The Morgan fingerprint density at radius 3 is 2.00 bits per heavy atom. The maximum absolute atomic E-state index is 9.67. The van der Waals surface area contributed by atoms with E-state index in [2.05, 4.69) is 6.08 Å². The standard InChI is InChI=1S/C29H40O5/c1-31-28-12-8-23(9-13-28)21-33-17-4-7-26(27-6-3-5-25(19-27)20-30)16-18-34-22-24-10-14-29(32-2)15-11-24/h7-15,25,27,30H,3-6,16-22H2,1-2H3/b26-7+/t25-,27+/m1/s1. The first-order chi connectivity index (χ1) is 16.7. The van der Waals surface area contributed by atoms with E-state index in [4.69, 9.17) is 18.9 Å². The Morgan fingerprint density at radius 1 is 0.853 bits per heavy atom. The van der Waals surface area contributed by atoms with Gasteiger partial charge < -0.3 is 24.1 Å². The van der Waals surface area contributed by atoms with Crippen LogP contribution in [0.5, 0.6) is 11.5 Å². The third kappa shape index (κ3) is 8.79. The molecular weight excluding hydrogens is 428 g/mol. The van der Waals surface area contributed by atoms with Crippen LogP contribution in [0, 0.1) is 11.8 Å². The molecule has 2 aromatic rings. The van der Waals surface area contributed by atoms with Gasteiger partial charge in [0.2, 0.25) is 0 Å². The zero-order chi connectivity index (χ0) is 24.0. The number of rotatable bonds is 14. The Kier molecular flexibility index (Phi) is 11.5. The van der Waals surface area contributed by atoms with Gasteiger partial charge in [0.1, 0.15) is 11.5 Å². The third-order valence-electron chi connectivity index (χ3n) is 6.62. The van der Waals surface area contributed by atoms with Crippen molar-refractivity contribution in [2.75, 3.05) is 34.0 Å². The molecule has 0 saturated heterocycles. The van der Waals surface area contributed by atoms with Crippen molar-refractivity contribution in [1.82, 2.24) is 0 Å². The molecule has 0 unspecified atom stereocenters. The second-order valence-electron chi connectivity index (χ2n) is 9.03. The van der Waals surface area contributed by atoms with Crippen LogP contribution < -0.4 is 9.47 Å². The van der Waals surface area contributed by atoms with Crippen LogP contribution in [0.2, 0.25) is 0 Å². The Labute approximate surface area is 204 Å². The van der Waals surface area contributed by atoms with E-state index >= 15 is 0 Å². The van der Waals surface area contributed by atoms with Crippen LogP contribution >= 0.6 is 0 Å². The Bertz CT molecular complexity index is 844. The molecule has 0 spiro atoms. The maximum atomic E-state index is 9.67. The summed E-state index contributed by atoms with van der Waals surface area (Å²) in [6, 6.07) is 16.0. The third-order valence-corrected chi connectivity index (χ3v) is 6.62. The molecule has 0 heterocycles. The molecule has 3 rings (SSSR count). The summed E-state index contributed by atoms with van der Waals surface area (Å²) in [5, 5.41) is 9.67. The van der Waals surface area contributed by atoms with Crippen LogP contribution in [0.25, 0.3) is 0 Å². The van der Waals surface area contributed by atoms with Crippen LogP contribution in [0.4, 0.5) is 0 Å². The molecule has 1 aliphatic carbocycles. The lowest BCUT2D eigenvalue weighted by Crippen LogP contribution is -2.20. The minimum Gasteiger partial charge on any atom is -0.497 e. The molecule has 2 atom stereocenters. The van der Waals surface area contributed by atoms with Gasteiger partial charge in [0.25, 0.3) is 0 Å². The molecule has 186 valence electrons. The van der Waals surface area contributed by atoms with Gasteiger partial charge in [-0.1, -0.05) is 42.3 Å². The summed E-state index contributed by atoms with van der Waals surface area (Å²) < 4.78 is 22.3. The van der Waals surface area contributed by atoms with Crippen LogP contribution in [-0.4, -0.2) is 39.1 Å². The normalized spacial score (nSPS) is 18.6. The number of ether oxygens (including phenoxy) is 4. The van der Waals surface area contributed by atoms with E-state index in [9.17, 15) is 5.11 Å². The quantitative estimate of drug-likeness (QED) is 0.275. The number of hydrogen-bond acceptors (Lipinski definition) is 5. The summed E-state index contributed by atoms with van der Waals surface area (Å²) in [7, 11) is 3.35. The average molecular weight is 469 g/mol. The van der Waals surface area contributed by atoms with Gasteiger partial charge in [-0.15, -0.1) is 0 Å². The Morgan fingerprint density at radius 2 is 1.44 bits per heavy atom. The van der Waals surface area contributed by atoms with Gasteiger partial charge in [-0.2, -0.15) is 0 Å². The van der Waals surface area contributed by atoms with Gasteiger partial charge >= 0.3 is 0 Å². The van der Waals surface area contributed by atoms with Gasteiger partial charge in [-0.3, -0.25) is 0 Å². The second-order valence-corrected chi connectivity index (χ2v) is 9.03. The molecule has 1 N–H and O–H groups in total. The summed E-state index contributed by atoms with van der Waals surface area (Å²) in [6.07, 6.45) is 8.78. The lowest BCUT2D eigenvalue weighted by atomic mass is 9.77. The van der Waals surface area contributed by atoms with Crippen molar-refractivity contribution in [1.29, 1.82) is 0 Å². The van der Waals surface area contributed by atoms with Crippen molar-refractivity contribution >= 4 is 0 Å². The van der Waals surface area contributed by atoms with Gasteiger partial charge in [0, 0.05) is 6.61 Å². The van der Waals surface area contributed by atoms with Crippen LogP contribution in [0.1, 0.15) is 49.7 Å². The van der Waals surface area contributed by atoms with E-state index in [0.29, 0.717) is 44.9 Å². The topological polar surface area (TPSA) is 57.2 Å². The first-order valence-electron chi connectivity index (χ1n) is 12.4. The van der Waals surface area contributed by atoms with Crippen molar-refractivity contribution in [2.24, 2.45) is 11.8 Å². The highest BCUT2D eigenvalue weighted by molar-refractivity contribution is 5.27. The summed E-state index contributed by atoms with van der Waals surface area (Å²) >= 11 is 0. The van der Waals surface area contributed by atoms with Crippen molar-refractivity contribution in [3.63, 3.8) is 0 Å². The van der Waals surface area contributed by atoms with Crippen LogP contribution in [0.3, 0.4) is 0 Å². The lowest BCUT2D eigenvalue weighted by molar-refractivity contribution is 0.117. The Hall–Kier alpha value is -2.34. The summed E-state index contributed by atoms with van der Waals surface area (Å²) in [5.74, 6) is 2.68. The van der Waals surface area contributed by atoms with E-state index in [1.165, 1.54) is 18.4 Å². The van der Waals surface area contributed by atoms with E-state index in [-0.39, 0.29) is 0 Å². The fourth-order valence-electron chi connectivity index (χ4n) is 4.61. The van der Waals surface area contributed by atoms with Gasteiger partial charge in [-0.25, -0.2) is 0 Å². The molecule has 2 aromatic carbocycles. The molecular formula is C29H40O5. The first-order valence-corrected chi connectivity index (χ1v) is 12.4. The number of hydrogen-bond donors (Lipinski definition) is 1. The predicted octanol–water partition coefficient (Wildman–Crippen LogP) is 5.94. The number of methoxy groups -OCH3 is 2. The largest absolute Gasteiger partial charge is 0.497 e. The number of benzene rings is 2. The van der Waals surface area contributed by atoms with Crippen molar-refractivity contribution in [3.8, 4) is 11.5 Å². The SMILES string of the molecule is COc1ccc(COCC/C=C(\CCOCc2ccc(OC)cc2)[C@H]2CCC[C@@H](CO)C2)cc1. The highest BCUT2D eigenvalue weighted by Gasteiger charge is 2.24. The minimum atomic E-state index is 0.294. The van der Waals surface area contributed by atoms with E-state index < -0.39 is 0 Å². The first kappa shape index (κ1) is 26.3. The zero-order valence-electron chi connectivity index (χ0n) is 20.7. The smallest absolute Gasteiger partial charge is 0.118 e. The van der Waals surface area contributed by atoms with Gasteiger partial charge in [0.05, 0.1) is 40.6 Å². The highest BCUT2D eigenvalue weighted by atomic mass is 16.5. The molecule has 0 radical (unpaired) electrons. The molecule has 1 aliphatic rings. The van der Waals surface area contributed by atoms with E-state index in [1.54, 1.807) is 14.2 Å². The van der Waals surface area contributed by atoms with E-state index in [0.717, 1.165) is 48.3 Å². The molecule has 1 saturated carbocycles. The zero-order valence-corrected chi connectivity index (χ0v) is 20.7. The molecule has 0 bridgehead atoms. The Balaban J connectivity index is 1.47. The molecule has 0 aromatic heterocycles. The van der Waals surface area contributed by atoms with Crippen molar-refractivity contribution in [3.05, 3.63) is 71.3 Å². The monoisotopic (exact) mass is 468 g/mol.